The molecule has 1 aromatic heterocycles. The van der Waals surface area contributed by atoms with Crippen molar-refractivity contribution in [2.45, 2.75) is 31.9 Å². The highest BCUT2D eigenvalue weighted by Gasteiger charge is 2.27. The molecule has 4 aromatic rings. The van der Waals surface area contributed by atoms with Crippen LogP contribution in [-0.4, -0.2) is 41.2 Å². The fourth-order valence-electron chi connectivity index (χ4n) is 4.52. The molecule has 0 aliphatic carbocycles. The Morgan fingerprint density at radius 2 is 1.80 bits per heavy atom. The van der Waals surface area contributed by atoms with Gasteiger partial charge in [0.15, 0.2) is 0 Å². The lowest BCUT2D eigenvalue weighted by Gasteiger charge is -2.19. The molecule has 0 unspecified atom stereocenters. The SMILES string of the molecule is COC(=O)[C@H](Cc1ccc(-c2ccc(C#N)cc2Cl)c2ncccc12)NC(=O)c1c(F)cc(C[C@H](C)O)cc1F. The Kier molecular flexibility index (Phi) is 8.73. The summed E-state index contributed by atoms with van der Waals surface area (Å²) in [5.74, 6) is -4.17. The number of methoxy groups -OCH3 is 1. The van der Waals surface area contributed by atoms with Crippen molar-refractivity contribution in [3.63, 3.8) is 0 Å². The van der Waals surface area contributed by atoms with Crippen molar-refractivity contribution in [1.29, 1.82) is 5.26 Å². The van der Waals surface area contributed by atoms with Crippen LogP contribution in [0, 0.1) is 23.0 Å². The number of rotatable bonds is 8. The number of amides is 1. The average molecular weight is 564 g/mol. The minimum Gasteiger partial charge on any atom is -0.467 e. The summed E-state index contributed by atoms with van der Waals surface area (Å²) >= 11 is 6.44. The number of pyridine rings is 1. The van der Waals surface area contributed by atoms with E-state index in [1.807, 2.05) is 6.07 Å². The number of halogens is 3. The zero-order valence-electron chi connectivity index (χ0n) is 21.5. The topological polar surface area (TPSA) is 112 Å². The molecule has 0 aliphatic heterocycles. The zero-order chi connectivity index (χ0) is 29.0. The number of fused-ring (bicyclic) bond motifs is 1. The van der Waals surface area contributed by atoms with E-state index < -0.39 is 41.2 Å². The number of hydrogen-bond acceptors (Lipinski definition) is 6. The number of carbonyl (C=O) groups excluding carboxylic acids is 2. The number of aromatic nitrogens is 1. The van der Waals surface area contributed by atoms with Crippen LogP contribution in [0.3, 0.4) is 0 Å². The van der Waals surface area contributed by atoms with E-state index in [-0.39, 0.29) is 18.4 Å². The summed E-state index contributed by atoms with van der Waals surface area (Å²) in [5, 5.41) is 22.1. The van der Waals surface area contributed by atoms with Crippen molar-refractivity contribution in [2.24, 2.45) is 0 Å². The second-order valence-electron chi connectivity index (χ2n) is 9.22. The largest absolute Gasteiger partial charge is 0.467 e. The zero-order valence-corrected chi connectivity index (χ0v) is 22.3. The number of nitrogens with one attached hydrogen (secondary N) is 1. The maximum absolute atomic E-state index is 14.7. The maximum Gasteiger partial charge on any atom is 0.328 e. The molecule has 0 aliphatic rings. The van der Waals surface area contributed by atoms with Gasteiger partial charge in [0.25, 0.3) is 5.91 Å². The Bertz CT molecular complexity index is 1630. The Hall–Kier alpha value is -4.39. The summed E-state index contributed by atoms with van der Waals surface area (Å²) in [5.41, 5.74) is 2.26. The number of aliphatic hydroxyl groups excluding tert-OH is 1. The van der Waals surface area contributed by atoms with Gasteiger partial charge in [-0.1, -0.05) is 35.9 Å². The predicted octanol–water partition coefficient (Wildman–Crippen LogP) is 5.14. The van der Waals surface area contributed by atoms with Crippen molar-refractivity contribution in [1.82, 2.24) is 10.3 Å². The van der Waals surface area contributed by atoms with Gasteiger partial charge in [0.2, 0.25) is 0 Å². The lowest BCUT2D eigenvalue weighted by Crippen LogP contribution is -2.43. The number of ether oxygens (including phenoxy) is 1. The summed E-state index contributed by atoms with van der Waals surface area (Å²) < 4.78 is 34.3. The normalized spacial score (nSPS) is 12.4. The van der Waals surface area contributed by atoms with Crippen LogP contribution in [0.15, 0.2) is 60.8 Å². The highest BCUT2D eigenvalue weighted by Crippen LogP contribution is 2.35. The fraction of sp³-hybridized carbons (Fsp3) is 0.200. The van der Waals surface area contributed by atoms with Gasteiger partial charge in [-0.25, -0.2) is 13.6 Å². The van der Waals surface area contributed by atoms with E-state index in [1.54, 1.807) is 48.7 Å². The van der Waals surface area contributed by atoms with Crippen molar-refractivity contribution in [2.75, 3.05) is 7.11 Å². The van der Waals surface area contributed by atoms with Crippen molar-refractivity contribution >= 4 is 34.4 Å². The lowest BCUT2D eigenvalue weighted by atomic mass is 9.94. The molecule has 1 heterocycles. The van der Waals surface area contributed by atoms with Gasteiger partial charge in [0.1, 0.15) is 23.2 Å². The minimum absolute atomic E-state index is 0.00527. The van der Waals surface area contributed by atoms with Crippen LogP contribution in [-0.2, 0) is 22.4 Å². The van der Waals surface area contributed by atoms with Gasteiger partial charge < -0.3 is 15.2 Å². The quantitative estimate of drug-likeness (QED) is 0.287. The van der Waals surface area contributed by atoms with Crippen molar-refractivity contribution < 1.29 is 28.2 Å². The first-order valence-electron chi connectivity index (χ1n) is 12.2. The van der Waals surface area contributed by atoms with Crippen LogP contribution in [0.1, 0.15) is 34.0 Å². The lowest BCUT2D eigenvalue weighted by molar-refractivity contribution is -0.142. The molecule has 3 aromatic carbocycles. The Labute approximate surface area is 234 Å². The van der Waals surface area contributed by atoms with Gasteiger partial charge in [-0.05, 0) is 54.8 Å². The monoisotopic (exact) mass is 563 g/mol. The Morgan fingerprint density at radius 3 is 2.42 bits per heavy atom. The highest BCUT2D eigenvalue weighted by molar-refractivity contribution is 6.33. The van der Waals surface area contributed by atoms with Gasteiger partial charge in [-0.15, -0.1) is 0 Å². The van der Waals surface area contributed by atoms with E-state index in [2.05, 4.69) is 10.3 Å². The summed E-state index contributed by atoms with van der Waals surface area (Å²) in [7, 11) is 1.14. The average Bonchev–Trinajstić information content (AvgIpc) is 2.91. The molecule has 204 valence electrons. The number of nitrogens with zero attached hydrogens (tertiary/aromatic N) is 2. The third kappa shape index (κ3) is 6.09. The van der Waals surface area contributed by atoms with Crippen LogP contribution in [0.25, 0.3) is 22.0 Å². The number of benzene rings is 3. The number of carbonyl (C=O) groups is 2. The van der Waals surface area contributed by atoms with Crippen LogP contribution in [0.5, 0.6) is 0 Å². The number of esters is 1. The summed E-state index contributed by atoms with van der Waals surface area (Å²) in [6.45, 7) is 1.47. The fourth-order valence-corrected chi connectivity index (χ4v) is 4.80. The third-order valence-corrected chi connectivity index (χ3v) is 6.64. The van der Waals surface area contributed by atoms with Gasteiger partial charge in [-0.2, -0.15) is 5.26 Å². The molecule has 1 amide bonds. The van der Waals surface area contributed by atoms with Gasteiger partial charge in [0.05, 0.1) is 30.4 Å². The molecule has 0 bridgehead atoms. The first-order valence-corrected chi connectivity index (χ1v) is 12.6. The van der Waals surface area contributed by atoms with Crippen LogP contribution in [0.4, 0.5) is 8.78 Å². The minimum atomic E-state index is -1.28. The smallest absolute Gasteiger partial charge is 0.328 e. The molecule has 2 N–H and O–H groups in total. The molecule has 40 heavy (non-hydrogen) atoms. The Balaban J connectivity index is 1.68. The molecular formula is C30H24ClF2N3O4. The van der Waals surface area contributed by atoms with Crippen molar-refractivity contribution in [3.05, 3.63) is 99.7 Å². The Morgan fingerprint density at radius 1 is 1.10 bits per heavy atom. The van der Waals surface area contributed by atoms with E-state index in [4.69, 9.17) is 21.6 Å². The summed E-state index contributed by atoms with van der Waals surface area (Å²) in [4.78, 5) is 30.1. The highest BCUT2D eigenvalue weighted by atomic mass is 35.5. The number of hydrogen-bond donors (Lipinski definition) is 2. The first kappa shape index (κ1) is 28.6. The van der Waals surface area contributed by atoms with Crippen molar-refractivity contribution in [3.8, 4) is 17.2 Å². The molecule has 10 heteroatoms. The van der Waals surface area contributed by atoms with E-state index in [0.29, 0.717) is 38.2 Å². The molecule has 0 radical (unpaired) electrons. The van der Waals surface area contributed by atoms with Crippen LogP contribution >= 0.6 is 11.6 Å². The number of aliphatic hydroxyl groups is 1. The van der Waals surface area contributed by atoms with Crippen LogP contribution in [0.2, 0.25) is 5.02 Å². The molecule has 2 atom stereocenters. The molecule has 0 fully saturated rings. The van der Waals surface area contributed by atoms with E-state index in [9.17, 15) is 23.5 Å². The molecule has 0 spiro atoms. The second-order valence-corrected chi connectivity index (χ2v) is 9.63. The molecular weight excluding hydrogens is 540 g/mol. The van der Waals surface area contributed by atoms with Gasteiger partial charge >= 0.3 is 5.97 Å². The van der Waals surface area contributed by atoms with Gasteiger partial charge in [-0.3, -0.25) is 9.78 Å². The summed E-state index contributed by atoms with van der Waals surface area (Å²) in [6.07, 6.45) is 0.710. The molecule has 0 saturated carbocycles. The number of nitriles is 1. The standard InChI is InChI=1S/C30H24ClF2N3O4/c1-16(37)10-18-12-24(32)27(25(33)13-18)29(38)36-26(30(39)40-2)14-19-6-8-22(28-20(19)4-3-9-35-28)21-7-5-17(15-34)11-23(21)31/h3-9,11-13,16,26,37H,10,14H2,1-2H3,(H,36,38)/t16-,26-/m0/s1. The molecule has 7 nitrogen and oxygen atoms in total. The van der Waals surface area contributed by atoms with Crippen LogP contribution < -0.4 is 5.32 Å². The first-order chi connectivity index (χ1) is 19.1. The van der Waals surface area contributed by atoms with E-state index >= 15 is 0 Å². The predicted molar refractivity (Wildman–Crippen MR) is 146 cm³/mol. The molecule has 0 saturated heterocycles. The second kappa shape index (κ2) is 12.2. The third-order valence-electron chi connectivity index (χ3n) is 6.32. The van der Waals surface area contributed by atoms with Gasteiger partial charge in [0, 0.05) is 34.2 Å². The maximum atomic E-state index is 14.7. The molecule has 4 rings (SSSR count). The van der Waals surface area contributed by atoms with E-state index in [0.717, 1.165) is 19.2 Å². The van der Waals surface area contributed by atoms with E-state index in [1.165, 1.54) is 6.92 Å². The summed E-state index contributed by atoms with van der Waals surface area (Å²) in [6, 6.07) is 14.6.